The number of nitrogens with zero attached hydrogens (tertiary/aromatic N) is 1. The SMILES string of the molecule is CC1(C2=NCC2)C=C(c2ccc(C3NC(c4ccccc4)NC(c4ccccc4)N3)cc2-c2ccc3sc4ccccc4c3c2)C=CC1. The van der Waals surface area contributed by atoms with Crippen molar-refractivity contribution in [3.8, 4) is 11.1 Å². The van der Waals surface area contributed by atoms with Crippen molar-refractivity contribution in [1.29, 1.82) is 0 Å². The van der Waals surface area contributed by atoms with Gasteiger partial charge in [-0.2, -0.15) is 0 Å². The molecule has 9 rings (SSSR count). The fourth-order valence-electron chi connectivity index (χ4n) is 7.58. The van der Waals surface area contributed by atoms with Crippen LogP contribution in [0.25, 0.3) is 36.9 Å². The van der Waals surface area contributed by atoms with Crippen molar-refractivity contribution in [1.82, 2.24) is 16.0 Å². The van der Waals surface area contributed by atoms with Crippen LogP contribution in [0.5, 0.6) is 0 Å². The fraction of sp³-hybridized carbons (Fsp3) is 0.186. The van der Waals surface area contributed by atoms with Gasteiger partial charge in [0, 0.05) is 44.3 Å². The standard InChI is InChI=1S/C43H38N4S/c1-43(39-22-24-44-39)23-10-15-32(27-43)33-20-18-31(26-35(33)30-19-21-38-36(25-30)34-16-8-9-17-37(34)48-38)42-46-40(28-11-4-2-5-12-28)45-41(47-42)29-13-6-3-7-14-29/h2-21,25-27,40-42,45-47H,22-24H2,1H3. The van der Waals surface area contributed by atoms with Gasteiger partial charge in [-0.25, -0.2) is 0 Å². The van der Waals surface area contributed by atoms with Gasteiger partial charge in [-0.3, -0.25) is 20.9 Å². The van der Waals surface area contributed by atoms with Crippen LogP contribution in [0.1, 0.15) is 60.5 Å². The number of nitrogens with one attached hydrogen (secondary N) is 3. The number of hydrogen-bond acceptors (Lipinski definition) is 5. The number of thiophene rings is 1. The minimum absolute atomic E-state index is 0.0211. The van der Waals surface area contributed by atoms with Crippen LogP contribution in [0.3, 0.4) is 0 Å². The highest BCUT2D eigenvalue weighted by Gasteiger charge is 2.33. The Kier molecular flexibility index (Phi) is 7.43. The summed E-state index contributed by atoms with van der Waals surface area (Å²) in [5.74, 6) is 0. The molecule has 3 heterocycles. The van der Waals surface area contributed by atoms with E-state index in [1.807, 2.05) is 11.3 Å². The molecule has 236 valence electrons. The van der Waals surface area contributed by atoms with E-state index < -0.39 is 0 Å². The van der Waals surface area contributed by atoms with E-state index in [1.165, 1.54) is 64.8 Å². The molecule has 6 aromatic rings. The van der Waals surface area contributed by atoms with Crippen molar-refractivity contribution in [2.24, 2.45) is 10.4 Å². The van der Waals surface area contributed by atoms with Gasteiger partial charge in [-0.05, 0) is 69.6 Å². The lowest BCUT2D eigenvalue weighted by Crippen LogP contribution is -2.54. The Morgan fingerprint density at radius 2 is 1.29 bits per heavy atom. The minimum Gasteiger partial charge on any atom is -0.293 e. The molecule has 0 radical (unpaired) electrons. The summed E-state index contributed by atoms with van der Waals surface area (Å²) in [5, 5.41) is 14.2. The van der Waals surface area contributed by atoms with Crippen LogP contribution in [-0.2, 0) is 0 Å². The van der Waals surface area contributed by atoms with Crippen LogP contribution in [0.15, 0.2) is 145 Å². The number of rotatable bonds is 6. The first kappa shape index (κ1) is 29.5. The Morgan fingerprint density at radius 3 is 1.98 bits per heavy atom. The highest BCUT2D eigenvalue weighted by atomic mass is 32.1. The molecule has 48 heavy (non-hydrogen) atoms. The normalized spacial score (nSPS) is 23.9. The van der Waals surface area contributed by atoms with Gasteiger partial charge in [0.25, 0.3) is 0 Å². The number of allylic oxidation sites excluding steroid dienone is 4. The molecule has 0 bridgehead atoms. The first-order valence-corrected chi connectivity index (χ1v) is 17.8. The second-order valence-electron chi connectivity index (χ2n) is 13.4. The summed E-state index contributed by atoms with van der Waals surface area (Å²) >= 11 is 1.87. The van der Waals surface area contributed by atoms with Gasteiger partial charge in [0.05, 0.1) is 18.5 Å². The van der Waals surface area contributed by atoms with Crippen molar-refractivity contribution < 1.29 is 0 Å². The molecule has 0 spiro atoms. The second-order valence-corrected chi connectivity index (χ2v) is 14.5. The molecule has 3 atom stereocenters. The van der Waals surface area contributed by atoms with Gasteiger partial charge in [0.1, 0.15) is 0 Å². The molecule has 5 aromatic carbocycles. The van der Waals surface area contributed by atoms with Gasteiger partial charge in [0.15, 0.2) is 0 Å². The third-order valence-electron chi connectivity index (χ3n) is 10.3. The van der Waals surface area contributed by atoms with E-state index >= 15 is 0 Å². The first-order valence-electron chi connectivity index (χ1n) is 17.0. The average Bonchev–Trinajstić information content (AvgIpc) is 3.49. The maximum atomic E-state index is 4.79. The Hall–Kier alpha value is -4.65. The monoisotopic (exact) mass is 642 g/mol. The lowest BCUT2D eigenvalue weighted by molar-refractivity contribution is 0.203. The van der Waals surface area contributed by atoms with Crippen molar-refractivity contribution in [2.75, 3.05) is 6.54 Å². The van der Waals surface area contributed by atoms with E-state index in [0.717, 1.165) is 19.4 Å². The topological polar surface area (TPSA) is 48.5 Å². The third kappa shape index (κ3) is 5.33. The highest BCUT2D eigenvalue weighted by molar-refractivity contribution is 7.25. The van der Waals surface area contributed by atoms with E-state index in [0.29, 0.717) is 0 Å². The van der Waals surface area contributed by atoms with Crippen LogP contribution < -0.4 is 16.0 Å². The Morgan fingerprint density at radius 1 is 0.646 bits per heavy atom. The van der Waals surface area contributed by atoms with Crippen LogP contribution >= 0.6 is 11.3 Å². The minimum atomic E-state index is -0.0781. The van der Waals surface area contributed by atoms with Crippen LogP contribution in [0.2, 0.25) is 0 Å². The van der Waals surface area contributed by atoms with Crippen molar-refractivity contribution >= 4 is 42.8 Å². The van der Waals surface area contributed by atoms with E-state index in [-0.39, 0.29) is 23.9 Å². The van der Waals surface area contributed by atoms with Crippen LogP contribution in [0, 0.1) is 5.41 Å². The fourth-order valence-corrected chi connectivity index (χ4v) is 8.66. The lowest BCUT2D eigenvalue weighted by atomic mass is 9.73. The molecule has 2 aliphatic heterocycles. The number of fused-ring (bicyclic) bond motifs is 3. The molecule has 1 aliphatic carbocycles. The van der Waals surface area contributed by atoms with Crippen LogP contribution in [0.4, 0.5) is 0 Å². The highest BCUT2D eigenvalue weighted by Crippen LogP contribution is 2.43. The molecular weight excluding hydrogens is 605 g/mol. The molecular formula is C43H38N4S. The molecule has 0 amide bonds. The summed E-state index contributed by atoms with van der Waals surface area (Å²) in [6.07, 6.45) is 9.11. The van der Waals surface area contributed by atoms with Crippen molar-refractivity contribution in [3.63, 3.8) is 0 Å². The molecule has 3 aliphatic rings. The number of aliphatic imine (C=N–C) groups is 1. The Bertz CT molecular complexity index is 2180. The molecule has 3 unspecified atom stereocenters. The van der Waals surface area contributed by atoms with Gasteiger partial charge in [-0.1, -0.05) is 122 Å². The predicted molar refractivity (Wildman–Crippen MR) is 202 cm³/mol. The Balaban J connectivity index is 1.18. The predicted octanol–water partition coefficient (Wildman–Crippen LogP) is 10.1. The maximum Gasteiger partial charge on any atom is 0.0864 e. The first-order chi connectivity index (χ1) is 23.6. The van der Waals surface area contributed by atoms with Gasteiger partial charge < -0.3 is 0 Å². The van der Waals surface area contributed by atoms with E-state index in [9.17, 15) is 0 Å². The molecule has 0 saturated carbocycles. The zero-order valence-electron chi connectivity index (χ0n) is 27.0. The molecule has 1 fully saturated rings. The smallest absolute Gasteiger partial charge is 0.0864 e. The molecule has 5 heteroatoms. The summed E-state index contributed by atoms with van der Waals surface area (Å²) < 4.78 is 2.65. The third-order valence-corrected chi connectivity index (χ3v) is 11.4. The van der Waals surface area contributed by atoms with E-state index in [4.69, 9.17) is 4.99 Å². The summed E-state index contributed by atoms with van der Waals surface area (Å²) in [7, 11) is 0. The van der Waals surface area contributed by atoms with Crippen molar-refractivity contribution in [3.05, 3.63) is 162 Å². The van der Waals surface area contributed by atoms with Crippen LogP contribution in [-0.4, -0.2) is 12.3 Å². The second kappa shape index (κ2) is 12.1. The van der Waals surface area contributed by atoms with Gasteiger partial charge >= 0.3 is 0 Å². The largest absolute Gasteiger partial charge is 0.293 e. The quantitative estimate of drug-likeness (QED) is 0.169. The zero-order valence-corrected chi connectivity index (χ0v) is 27.8. The Labute approximate surface area is 285 Å². The van der Waals surface area contributed by atoms with E-state index in [2.05, 4.69) is 162 Å². The maximum absolute atomic E-state index is 4.79. The molecule has 3 N–H and O–H groups in total. The van der Waals surface area contributed by atoms with Gasteiger partial charge in [0.2, 0.25) is 0 Å². The summed E-state index contributed by atoms with van der Waals surface area (Å²) in [6, 6.07) is 44.2. The molecule has 1 saturated heterocycles. The summed E-state index contributed by atoms with van der Waals surface area (Å²) in [5.41, 5.74) is 9.94. The molecule has 1 aromatic heterocycles. The number of benzene rings is 5. The summed E-state index contributed by atoms with van der Waals surface area (Å²) in [4.78, 5) is 4.79. The van der Waals surface area contributed by atoms with Crippen molar-refractivity contribution in [2.45, 2.75) is 38.3 Å². The lowest BCUT2D eigenvalue weighted by Gasteiger charge is -2.40. The number of hydrogen-bond donors (Lipinski definition) is 3. The van der Waals surface area contributed by atoms with Gasteiger partial charge in [-0.15, -0.1) is 11.3 Å². The molecule has 4 nitrogen and oxygen atoms in total. The zero-order chi connectivity index (χ0) is 32.1. The average molecular weight is 643 g/mol. The van der Waals surface area contributed by atoms with E-state index in [1.54, 1.807) is 0 Å². The summed E-state index contributed by atoms with van der Waals surface area (Å²) in [6.45, 7) is 3.30.